The van der Waals surface area contributed by atoms with E-state index in [2.05, 4.69) is 59.2 Å². The smallest absolute Gasteiger partial charge is 0.307 e. The van der Waals surface area contributed by atoms with Crippen molar-refractivity contribution in [3.05, 3.63) is 72.4 Å². The van der Waals surface area contributed by atoms with E-state index < -0.39 is 0 Å². The van der Waals surface area contributed by atoms with Crippen LogP contribution >= 0.6 is 0 Å². The van der Waals surface area contributed by atoms with Crippen LogP contribution in [0.1, 0.15) is 25.5 Å². The SMILES string of the molecule is CCCOC(=O)CCN1CCN(c2cc(-c3ccccc3)nc3c(-c4ccccc4)c(C)nn23)CC1. The second-order valence-corrected chi connectivity index (χ2v) is 9.23. The first kappa shape index (κ1) is 24.0. The maximum Gasteiger partial charge on any atom is 0.307 e. The first-order valence-electron chi connectivity index (χ1n) is 12.8. The van der Waals surface area contributed by atoms with Gasteiger partial charge < -0.3 is 9.64 Å². The second kappa shape index (κ2) is 10.9. The van der Waals surface area contributed by atoms with Gasteiger partial charge in [-0.25, -0.2) is 4.98 Å². The van der Waals surface area contributed by atoms with E-state index >= 15 is 0 Å². The summed E-state index contributed by atoms with van der Waals surface area (Å²) in [6.45, 7) is 8.79. The molecule has 5 rings (SSSR count). The van der Waals surface area contributed by atoms with E-state index in [4.69, 9.17) is 14.8 Å². The lowest BCUT2D eigenvalue weighted by Gasteiger charge is -2.36. The first-order chi connectivity index (χ1) is 17.6. The largest absolute Gasteiger partial charge is 0.466 e. The van der Waals surface area contributed by atoms with Crippen LogP contribution in [0.3, 0.4) is 0 Å². The van der Waals surface area contributed by atoms with Crippen molar-refractivity contribution in [2.75, 3.05) is 44.2 Å². The van der Waals surface area contributed by atoms with Gasteiger partial charge in [0.2, 0.25) is 0 Å². The molecule has 0 unspecified atom stereocenters. The summed E-state index contributed by atoms with van der Waals surface area (Å²) in [5, 5.41) is 4.94. The molecule has 0 spiro atoms. The fourth-order valence-corrected chi connectivity index (χ4v) is 4.77. The van der Waals surface area contributed by atoms with Crippen LogP contribution in [0, 0.1) is 6.92 Å². The lowest BCUT2D eigenvalue weighted by atomic mass is 10.1. The third-order valence-corrected chi connectivity index (χ3v) is 6.67. The number of aromatic nitrogens is 3. The van der Waals surface area contributed by atoms with Crippen molar-refractivity contribution in [1.82, 2.24) is 19.5 Å². The predicted octanol–water partition coefficient (Wildman–Crippen LogP) is 4.84. The van der Waals surface area contributed by atoms with Crippen LogP contribution in [0.15, 0.2) is 66.7 Å². The van der Waals surface area contributed by atoms with Crippen LogP contribution in [-0.4, -0.2) is 64.8 Å². The van der Waals surface area contributed by atoms with Gasteiger partial charge in [0.15, 0.2) is 5.65 Å². The van der Waals surface area contributed by atoms with E-state index in [1.165, 1.54) is 0 Å². The molecule has 0 radical (unpaired) electrons. The molecule has 0 N–H and O–H groups in total. The summed E-state index contributed by atoms with van der Waals surface area (Å²) in [6.07, 6.45) is 1.30. The quantitative estimate of drug-likeness (QED) is 0.334. The Morgan fingerprint density at radius 2 is 1.61 bits per heavy atom. The van der Waals surface area contributed by atoms with E-state index in [-0.39, 0.29) is 5.97 Å². The summed E-state index contributed by atoms with van der Waals surface area (Å²) in [5.41, 5.74) is 6.05. The highest BCUT2D eigenvalue weighted by Crippen LogP contribution is 2.32. The third kappa shape index (κ3) is 5.11. The second-order valence-electron chi connectivity index (χ2n) is 9.23. The molecule has 1 aliphatic heterocycles. The molecule has 3 heterocycles. The normalized spacial score (nSPS) is 14.3. The Kier molecular flexibility index (Phi) is 7.28. The van der Waals surface area contributed by atoms with Gasteiger partial charge in [0.1, 0.15) is 5.82 Å². The maximum atomic E-state index is 11.9. The molecule has 186 valence electrons. The van der Waals surface area contributed by atoms with Gasteiger partial charge in [0, 0.05) is 49.9 Å². The number of benzene rings is 2. The Hall–Kier alpha value is -3.71. The van der Waals surface area contributed by atoms with Gasteiger partial charge in [-0.15, -0.1) is 0 Å². The van der Waals surface area contributed by atoms with Crippen LogP contribution in [0.25, 0.3) is 28.0 Å². The molecule has 1 saturated heterocycles. The number of aryl methyl sites for hydroxylation is 1. The zero-order chi connectivity index (χ0) is 24.9. The Balaban J connectivity index is 1.45. The Labute approximate surface area is 212 Å². The lowest BCUT2D eigenvalue weighted by Crippen LogP contribution is -2.47. The van der Waals surface area contributed by atoms with E-state index in [1.807, 2.05) is 35.7 Å². The van der Waals surface area contributed by atoms with Gasteiger partial charge in [0.05, 0.1) is 24.4 Å². The number of rotatable bonds is 8. The monoisotopic (exact) mass is 483 g/mol. The van der Waals surface area contributed by atoms with Crippen molar-refractivity contribution < 1.29 is 9.53 Å². The molecule has 0 bridgehead atoms. The number of esters is 1. The molecule has 0 amide bonds. The van der Waals surface area contributed by atoms with Crippen molar-refractivity contribution in [2.45, 2.75) is 26.7 Å². The number of hydrogen-bond acceptors (Lipinski definition) is 6. The van der Waals surface area contributed by atoms with Crippen LogP contribution in [0.2, 0.25) is 0 Å². The Bertz CT molecular complexity index is 1310. The molecule has 1 fully saturated rings. The number of hydrogen-bond donors (Lipinski definition) is 0. The highest BCUT2D eigenvalue weighted by molar-refractivity contribution is 5.83. The number of carbonyl (C=O) groups is 1. The first-order valence-corrected chi connectivity index (χ1v) is 12.8. The van der Waals surface area contributed by atoms with E-state index in [0.717, 1.165) is 78.7 Å². The Morgan fingerprint density at radius 3 is 2.28 bits per heavy atom. The number of ether oxygens (including phenoxy) is 1. The standard InChI is InChI=1S/C29H33N5O2/c1-3-20-36-27(35)14-15-32-16-18-33(19-17-32)26-21-25(23-10-6-4-7-11-23)30-29-28(22(2)31-34(26)29)24-12-8-5-9-13-24/h4-13,21H,3,14-20H2,1-2H3. The summed E-state index contributed by atoms with van der Waals surface area (Å²) in [7, 11) is 0. The van der Waals surface area contributed by atoms with Gasteiger partial charge in [-0.3, -0.25) is 9.69 Å². The number of anilines is 1. The molecular weight excluding hydrogens is 450 g/mol. The van der Waals surface area contributed by atoms with Crippen LogP contribution in [0.5, 0.6) is 0 Å². The lowest BCUT2D eigenvalue weighted by molar-refractivity contribution is -0.144. The molecule has 0 atom stereocenters. The summed E-state index contributed by atoms with van der Waals surface area (Å²) < 4.78 is 7.23. The van der Waals surface area contributed by atoms with Crippen LogP contribution < -0.4 is 4.90 Å². The highest BCUT2D eigenvalue weighted by atomic mass is 16.5. The van der Waals surface area contributed by atoms with Gasteiger partial charge >= 0.3 is 5.97 Å². The van der Waals surface area contributed by atoms with Gasteiger partial charge in [0.25, 0.3) is 0 Å². The zero-order valence-corrected chi connectivity index (χ0v) is 21.1. The molecule has 0 aliphatic carbocycles. The van der Waals surface area contributed by atoms with Crippen molar-refractivity contribution in [3.63, 3.8) is 0 Å². The van der Waals surface area contributed by atoms with E-state index in [0.29, 0.717) is 13.0 Å². The topological polar surface area (TPSA) is 63.0 Å². The van der Waals surface area contributed by atoms with Crippen LogP contribution in [0.4, 0.5) is 5.82 Å². The fourth-order valence-electron chi connectivity index (χ4n) is 4.77. The summed E-state index contributed by atoms with van der Waals surface area (Å²) in [6, 6.07) is 22.8. The summed E-state index contributed by atoms with van der Waals surface area (Å²) >= 11 is 0. The molecule has 7 heteroatoms. The molecule has 4 aromatic rings. The molecule has 2 aromatic heterocycles. The average molecular weight is 484 g/mol. The summed E-state index contributed by atoms with van der Waals surface area (Å²) in [4.78, 5) is 21.7. The molecule has 1 aliphatic rings. The minimum Gasteiger partial charge on any atom is -0.466 e. The van der Waals surface area contributed by atoms with E-state index in [9.17, 15) is 4.79 Å². The molecular formula is C29H33N5O2. The molecule has 0 saturated carbocycles. The van der Waals surface area contributed by atoms with Crippen LogP contribution in [-0.2, 0) is 9.53 Å². The molecule has 36 heavy (non-hydrogen) atoms. The number of carbonyl (C=O) groups excluding carboxylic acids is 1. The minimum absolute atomic E-state index is 0.108. The fraction of sp³-hybridized carbons (Fsp3) is 0.345. The number of piperazine rings is 1. The minimum atomic E-state index is -0.108. The summed E-state index contributed by atoms with van der Waals surface area (Å²) in [5.74, 6) is 0.939. The zero-order valence-electron chi connectivity index (χ0n) is 21.1. The third-order valence-electron chi connectivity index (χ3n) is 6.67. The van der Waals surface area contributed by atoms with Gasteiger partial charge in [-0.1, -0.05) is 67.6 Å². The Morgan fingerprint density at radius 1 is 0.944 bits per heavy atom. The molecule has 2 aromatic carbocycles. The number of fused-ring (bicyclic) bond motifs is 1. The average Bonchev–Trinajstić information content (AvgIpc) is 3.27. The van der Waals surface area contributed by atoms with E-state index in [1.54, 1.807) is 0 Å². The number of nitrogens with zero attached hydrogens (tertiary/aromatic N) is 5. The molecule has 7 nitrogen and oxygen atoms in total. The predicted molar refractivity (Wildman–Crippen MR) is 143 cm³/mol. The van der Waals surface area contributed by atoms with Gasteiger partial charge in [-0.2, -0.15) is 9.61 Å². The van der Waals surface area contributed by atoms with Crippen molar-refractivity contribution in [2.24, 2.45) is 0 Å². The van der Waals surface area contributed by atoms with Crippen molar-refractivity contribution in [3.8, 4) is 22.4 Å². The maximum absolute atomic E-state index is 11.9. The van der Waals surface area contributed by atoms with Crippen molar-refractivity contribution in [1.29, 1.82) is 0 Å². The van der Waals surface area contributed by atoms with Gasteiger partial charge in [-0.05, 0) is 18.9 Å². The highest BCUT2D eigenvalue weighted by Gasteiger charge is 2.24. The van der Waals surface area contributed by atoms with Crippen molar-refractivity contribution >= 4 is 17.4 Å².